The van der Waals surface area contributed by atoms with E-state index in [1.807, 2.05) is 35.0 Å². The summed E-state index contributed by atoms with van der Waals surface area (Å²) in [6.45, 7) is 0. The van der Waals surface area contributed by atoms with E-state index in [2.05, 4.69) is 51.9 Å². The first-order valence-corrected chi connectivity index (χ1v) is 9.99. The lowest BCUT2D eigenvalue weighted by molar-refractivity contribution is 0.415. The number of methoxy groups -OCH3 is 1. The minimum atomic E-state index is 0.818. The second-order valence-corrected chi connectivity index (χ2v) is 8.18. The standard InChI is InChI=1S/C20H15BrN4OS/c1-24-10-16(15-9-13(21)6-7-18(15)24)19-23-25-11-17(22-20(25)27-19)12-4-3-5-14(8-12)26-2/h3-11H,1-2H3. The molecule has 0 amide bonds. The molecule has 0 saturated heterocycles. The van der Waals surface area contributed by atoms with Crippen LogP contribution in [0.5, 0.6) is 5.75 Å². The van der Waals surface area contributed by atoms with E-state index in [1.54, 1.807) is 18.4 Å². The van der Waals surface area contributed by atoms with E-state index in [0.29, 0.717) is 0 Å². The van der Waals surface area contributed by atoms with Crippen LogP contribution in [0.2, 0.25) is 0 Å². The van der Waals surface area contributed by atoms with Crippen molar-refractivity contribution in [3.63, 3.8) is 0 Å². The third kappa shape index (κ3) is 2.74. The summed E-state index contributed by atoms with van der Waals surface area (Å²) < 4.78 is 10.3. The van der Waals surface area contributed by atoms with Crippen molar-refractivity contribution in [1.82, 2.24) is 19.2 Å². The van der Waals surface area contributed by atoms with Crippen molar-refractivity contribution < 1.29 is 4.74 Å². The topological polar surface area (TPSA) is 44.4 Å². The van der Waals surface area contributed by atoms with Gasteiger partial charge >= 0.3 is 0 Å². The number of ether oxygens (including phenoxy) is 1. The van der Waals surface area contributed by atoms with Crippen molar-refractivity contribution in [1.29, 1.82) is 0 Å². The SMILES string of the molecule is COc1cccc(-c2cn3nc(-c4cn(C)c5ccc(Br)cc45)sc3n2)c1. The van der Waals surface area contributed by atoms with Crippen LogP contribution in [0.25, 0.3) is 37.7 Å². The van der Waals surface area contributed by atoms with Crippen LogP contribution in [-0.2, 0) is 7.05 Å². The van der Waals surface area contributed by atoms with Crippen LogP contribution in [0.4, 0.5) is 0 Å². The zero-order valence-corrected chi connectivity index (χ0v) is 17.1. The molecule has 2 aromatic carbocycles. The summed E-state index contributed by atoms with van der Waals surface area (Å²) in [5.74, 6) is 0.818. The van der Waals surface area contributed by atoms with Gasteiger partial charge in [-0.25, -0.2) is 9.50 Å². The summed E-state index contributed by atoms with van der Waals surface area (Å²) in [7, 11) is 3.72. The molecule has 0 atom stereocenters. The number of hydrogen-bond donors (Lipinski definition) is 0. The quantitative estimate of drug-likeness (QED) is 0.379. The molecule has 3 heterocycles. The molecular weight excluding hydrogens is 424 g/mol. The van der Waals surface area contributed by atoms with Gasteiger partial charge in [0.1, 0.15) is 10.8 Å². The van der Waals surface area contributed by atoms with Crippen LogP contribution in [0.1, 0.15) is 0 Å². The van der Waals surface area contributed by atoms with Gasteiger partial charge in [-0.2, -0.15) is 5.10 Å². The largest absolute Gasteiger partial charge is 0.497 e. The third-order valence-electron chi connectivity index (χ3n) is 4.59. The lowest BCUT2D eigenvalue weighted by atomic mass is 10.1. The van der Waals surface area contributed by atoms with E-state index in [-0.39, 0.29) is 0 Å². The van der Waals surface area contributed by atoms with E-state index in [1.165, 1.54) is 10.9 Å². The lowest BCUT2D eigenvalue weighted by Crippen LogP contribution is -1.84. The first-order valence-electron chi connectivity index (χ1n) is 8.38. The number of nitrogens with zero attached hydrogens (tertiary/aromatic N) is 4. The number of aryl methyl sites for hydroxylation is 1. The van der Waals surface area contributed by atoms with Crippen molar-refractivity contribution in [3.05, 3.63) is 59.3 Å². The molecule has 134 valence electrons. The number of rotatable bonds is 3. The van der Waals surface area contributed by atoms with Crippen LogP contribution in [-0.4, -0.2) is 26.3 Å². The molecule has 0 fully saturated rings. The molecule has 0 aliphatic rings. The average Bonchev–Trinajstić information content (AvgIpc) is 3.33. The summed E-state index contributed by atoms with van der Waals surface area (Å²) in [5.41, 5.74) is 4.20. The molecule has 0 bridgehead atoms. The smallest absolute Gasteiger partial charge is 0.213 e. The fourth-order valence-electron chi connectivity index (χ4n) is 3.27. The Balaban J connectivity index is 1.61. The van der Waals surface area contributed by atoms with Gasteiger partial charge in [0, 0.05) is 39.7 Å². The van der Waals surface area contributed by atoms with E-state index < -0.39 is 0 Å². The zero-order chi connectivity index (χ0) is 18.5. The highest BCUT2D eigenvalue weighted by Gasteiger charge is 2.16. The maximum absolute atomic E-state index is 5.31. The molecule has 0 N–H and O–H groups in total. The minimum absolute atomic E-state index is 0.818. The van der Waals surface area contributed by atoms with E-state index in [9.17, 15) is 0 Å². The van der Waals surface area contributed by atoms with E-state index in [4.69, 9.17) is 14.8 Å². The number of imidazole rings is 1. The van der Waals surface area contributed by atoms with E-state index in [0.717, 1.165) is 37.0 Å². The molecule has 0 spiro atoms. The molecule has 3 aromatic heterocycles. The molecule has 0 aliphatic carbocycles. The van der Waals surface area contributed by atoms with Gasteiger partial charge in [-0.05, 0) is 30.3 Å². The number of benzene rings is 2. The van der Waals surface area contributed by atoms with Crippen molar-refractivity contribution in [2.75, 3.05) is 7.11 Å². The Morgan fingerprint density at radius 1 is 1.11 bits per heavy atom. The van der Waals surface area contributed by atoms with E-state index >= 15 is 0 Å². The fourth-order valence-corrected chi connectivity index (χ4v) is 4.53. The van der Waals surface area contributed by atoms with Crippen molar-refractivity contribution in [3.8, 4) is 27.6 Å². The van der Waals surface area contributed by atoms with Gasteiger partial charge in [-0.15, -0.1) is 0 Å². The second kappa shape index (κ2) is 6.21. The van der Waals surface area contributed by atoms with Gasteiger partial charge in [0.25, 0.3) is 0 Å². The summed E-state index contributed by atoms with van der Waals surface area (Å²) in [5, 5.41) is 6.91. The predicted octanol–water partition coefficient (Wildman–Crippen LogP) is 5.39. The highest BCUT2D eigenvalue weighted by Crippen LogP contribution is 2.35. The lowest BCUT2D eigenvalue weighted by Gasteiger charge is -2.01. The van der Waals surface area contributed by atoms with Gasteiger partial charge in [0.15, 0.2) is 0 Å². The average molecular weight is 439 g/mol. The monoisotopic (exact) mass is 438 g/mol. The van der Waals surface area contributed by atoms with Gasteiger partial charge < -0.3 is 9.30 Å². The summed E-state index contributed by atoms with van der Waals surface area (Å²) in [6, 6.07) is 14.2. The Kier molecular flexibility index (Phi) is 3.80. The molecular formula is C20H15BrN4OS. The normalized spacial score (nSPS) is 11.5. The van der Waals surface area contributed by atoms with Crippen LogP contribution in [0.15, 0.2) is 59.3 Å². The Morgan fingerprint density at radius 2 is 2.00 bits per heavy atom. The Hall–Kier alpha value is -2.64. The number of aromatic nitrogens is 4. The molecule has 5 aromatic rings. The summed E-state index contributed by atoms with van der Waals surface area (Å²) in [4.78, 5) is 5.63. The highest BCUT2D eigenvalue weighted by atomic mass is 79.9. The maximum atomic E-state index is 5.31. The van der Waals surface area contributed by atoms with Gasteiger partial charge in [-0.3, -0.25) is 0 Å². The molecule has 0 saturated carbocycles. The summed E-state index contributed by atoms with van der Waals surface area (Å²) in [6.07, 6.45) is 4.09. The van der Waals surface area contributed by atoms with Crippen LogP contribution < -0.4 is 4.74 Å². The van der Waals surface area contributed by atoms with Crippen LogP contribution >= 0.6 is 27.3 Å². The van der Waals surface area contributed by atoms with Crippen LogP contribution in [0.3, 0.4) is 0 Å². The minimum Gasteiger partial charge on any atom is -0.497 e. The summed E-state index contributed by atoms with van der Waals surface area (Å²) >= 11 is 5.16. The number of halogens is 1. The molecule has 0 aliphatic heterocycles. The first kappa shape index (κ1) is 16.5. The Bertz CT molecular complexity index is 1270. The highest BCUT2D eigenvalue weighted by molar-refractivity contribution is 9.10. The molecule has 0 unspecified atom stereocenters. The fraction of sp³-hybridized carbons (Fsp3) is 0.100. The third-order valence-corrected chi connectivity index (χ3v) is 6.04. The molecule has 5 nitrogen and oxygen atoms in total. The number of fused-ring (bicyclic) bond motifs is 2. The first-order chi connectivity index (χ1) is 13.1. The second-order valence-electron chi connectivity index (χ2n) is 6.31. The molecule has 27 heavy (non-hydrogen) atoms. The molecule has 0 radical (unpaired) electrons. The Morgan fingerprint density at radius 3 is 2.81 bits per heavy atom. The maximum Gasteiger partial charge on any atom is 0.213 e. The molecule has 7 heteroatoms. The number of hydrogen-bond acceptors (Lipinski definition) is 4. The Labute approximate surface area is 168 Å². The van der Waals surface area contributed by atoms with Crippen molar-refractivity contribution in [2.45, 2.75) is 0 Å². The van der Waals surface area contributed by atoms with Gasteiger partial charge in [0.2, 0.25) is 4.96 Å². The van der Waals surface area contributed by atoms with Crippen LogP contribution in [0, 0.1) is 0 Å². The predicted molar refractivity (Wildman–Crippen MR) is 112 cm³/mol. The zero-order valence-electron chi connectivity index (χ0n) is 14.7. The van der Waals surface area contributed by atoms with Crippen molar-refractivity contribution in [2.24, 2.45) is 7.05 Å². The van der Waals surface area contributed by atoms with Gasteiger partial charge in [-0.1, -0.05) is 39.4 Å². The molecule has 5 rings (SSSR count). The van der Waals surface area contributed by atoms with Crippen molar-refractivity contribution >= 4 is 43.1 Å². The van der Waals surface area contributed by atoms with Gasteiger partial charge in [0.05, 0.1) is 19.0 Å².